The van der Waals surface area contributed by atoms with Gasteiger partial charge in [-0.2, -0.15) is 0 Å². The van der Waals surface area contributed by atoms with Crippen molar-refractivity contribution in [2.45, 2.75) is 33.7 Å². The van der Waals surface area contributed by atoms with Crippen LogP contribution in [0.5, 0.6) is 0 Å². The summed E-state index contributed by atoms with van der Waals surface area (Å²) >= 11 is 0. The summed E-state index contributed by atoms with van der Waals surface area (Å²) < 4.78 is 0. The maximum Gasteiger partial charge on any atom is 0.251 e. The van der Waals surface area contributed by atoms with E-state index < -0.39 is 0 Å². The van der Waals surface area contributed by atoms with Crippen LogP contribution in [0.2, 0.25) is 0 Å². The monoisotopic (exact) mass is 418 g/mol. The first kappa shape index (κ1) is 20.7. The van der Waals surface area contributed by atoms with E-state index in [1.807, 2.05) is 38.1 Å². The molecule has 0 aliphatic carbocycles. The zero-order chi connectivity index (χ0) is 15.5. The van der Waals surface area contributed by atoms with Gasteiger partial charge >= 0.3 is 0 Å². The SMILES string of the molecule is CCCNC(=NCc1cccc(C(=O)NCC)c1)NCC.I. The zero-order valence-corrected chi connectivity index (χ0v) is 15.9. The van der Waals surface area contributed by atoms with Gasteiger partial charge in [-0.3, -0.25) is 4.79 Å². The Morgan fingerprint density at radius 3 is 2.45 bits per heavy atom. The molecule has 0 aliphatic heterocycles. The summed E-state index contributed by atoms with van der Waals surface area (Å²) in [6.07, 6.45) is 1.05. The van der Waals surface area contributed by atoms with E-state index in [-0.39, 0.29) is 29.9 Å². The number of nitrogens with one attached hydrogen (secondary N) is 3. The first-order valence-corrected chi connectivity index (χ1v) is 7.60. The van der Waals surface area contributed by atoms with Gasteiger partial charge in [0.1, 0.15) is 0 Å². The van der Waals surface area contributed by atoms with Crippen LogP contribution in [0.4, 0.5) is 0 Å². The van der Waals surface area contributed by atoms with Crippen LogP contribution in [0.1, 0.15) is 43.1 Å². The number of amides is 1. The Kier molecular flexibility index (Phi) is 11.5. The molecule has 0 unspecified atom stereocenters. The Morgan fingerprint density at radius 2 is 1.82 bits per heavy atom. The third kappa shape index (κ3) is 7.63. The van der Waals surface area contributed by atoms with Crippen LogP contribution in [0, 0.1) is 0 Å². The number of nitrogens with zero attached hydrogens (tertiary/aromatic N) is 1. The number of rotatable bonds is 7. The largest absolute Gasteiger partial charge is 0.357 e. The maximum atomic E-state index is 11.8. The molecule has 22 heavy (non-hydrogen) atoms. The van der Waals surface area contributed by atoms with Gasteiger partial charge in [0, 0.05) is 25.2 Å². The molecule has 0 bridgehead atoms. The molecule has 1 rings (SSSR count). The third-order valence-electron chi connectivity index (χ3n) is 2.83. The van der Waals surface area contributed by atoms with E-state index in [0.717, 1.165) is 31.0 Å². The van der Waals surface area contributed by atoms with E-state index in [1.54, 1.807) is 0 Å². The van der Waals surface area contributed by atoms with E-state index in [0.29, 0.717) is 18.7 Å². The van der Waals surface area contributed by atoms with Crippen LogP contribution >= 0.6 is 24.0 Å². The van der Waals surface area contributed by atoms with Crippen molar-refractivity contribution in [2.75, 3.05) is 19.6 Å². The normalized spacial score (nSPS) is 10.6. The minimum Gasteiger partial charge on any atom is -0.357 e. The molecule has 0 spiro atoms. The molecule has 1 aromatic carbocycles. The summed E-state index contributed by atoms with van der Waals surface area (Å²) in [6.45, 7) is 8.97. The highest BCUT2D eigenvalue weighted by Gasteiger charge is 2.04. The third-order valence-corrected chi connectivity index (χ3v) is 2.83. The molecule has 1 amide bonds. The lowest BCUT2D eigenvalue weighted by atomic mass is 10.1. The Morgan fingerprint density at radius 1 is 1.09 bits per heavy atom. The number of halogens is 1. The summed E-state index contributed by atoms with van der Waals surface area (Å²) in [5, 5.41) is 9.27. The second-order valence-corrected chi connectivity index (χ2v) is 4.68. The Balaban J connectivity index is 0.00000441. The lowest BCUT2D eigenvalue weighted by Gasteiger charge is -2.10. The molecule has 5 nitrogen and oxygen atoms in total. The van der Waals surface area contributed by atoms with E-state index in [1.165, 1.54) is 0 Å². The number of carbonyl (C=O) groups excluding carboxylic acids is 1. The van der Waals surface area contributed by atoms with Gasteiger partial charge in [-0.25, -0.2) is 4.99 Å². The highest BCUT2D eigenvalue weighted by Crippen LogP contribution is 2.06. The molecule has 3 N–H and O–H groups in total. The zero-order valence-electron chi connectivity index (χ0n) is 13.6. The van der Waals surface area contributed by atoms with Gasteiger partial charge in [-0.1, -0.05) is 19.1 Å². The molecular weight excluding hydrogens is 391 g/mol. The summed E-state index contributed by atoms with van der Waals surface area (Å²) in [4.78, 5) is 16.3. The first-order valence-electron chi connectivity index (χ1n) is 7.60. The van der Waals surface area contributed by atoms with Crippen LogP contribution in [-0.4, -0.2) is 31.5 Å². The molecule has 0 aliphatic rings. The average molecular weight is 418 g/mol. The van der Waals surface area contributed by atoms with Gasteiger partial charge in [-0.05, 0) is 38.0 Å². The fraction of sp³-hybridized carbons (Fsp3) is 0.500. The number of benzene rings is 1. The second-order valence-electron chi connectivity index (χ2n) is 4.68. The van der Waals surface area contributed by atoms with Crippen molar-refractivity contribution in [2.24, 2.45) is 4.99 Å². The molecule has 1 aromatic rings. The average Bonchev–Trinajstić information content (AvgIpc) is 2.50. The molecular formula is C16H27IN4O. The van der Waals surface area contributed by atoms with Crippen molar-refractivity contribution >= 4 is 35.8 Å². The fourth-order valence-electron chi connectivity index (χ4n) is 1.83. The van der Waals surface area contributed by atoms with Crippen LogP contribution in [0.25, 0.3) is 0 Å². The topological polar surface area (TPSA) is 65.5 Å². The minimum atomic E-state index is -0.0423. The van der Waals surface area contributed by atoms with E-state index in [2.05, 4.69) is 27.9 Å². The quantitative estimate of drug-likeness (QED) is 0.362. The van der Waals surface area contributed by atoms with Crippen molar-refractivity contribution in [1.82, 2.24) is 16.0 Å². The van der Waals surface area contributed by atoms with Gasteiger partial charge in [0.15, 0.2) is 5.96 Å². The minimum absolute atomic E-state index is 0. The summed E-state index contributed by atoms with van der Waals surface area (Å²) in [6, 6.07) is 7.58. The van der Waals surface area contributed by atoms with Crippen molar-refractivity contribution in [3.63, 3.8) is 0 Å². The van der Waals surface area contributed by atoms with Gasteiger partial charge in [0.05, 0.1) is 6.54 Å². The van der Waals surface area contributed by atoms with Gasteiger partial charge < -0.3 is 16.0 Å². The van der Waals surface area contributed by atoms with Crippen LogP contribution in [0.15, 0.2) is 29.3 Å². The van der Waals surface area contributed by atoms with E-state index in [4.69, 9.17) is 0 Å². The molecule has 124 valence electrons. The lowest BCUT2D eigenvalue weighted by Crippen LogP contribution is -2.37. The highest BCUT2D eigenvalue weighted by atomic mass is 127. The highest BCUT2D eigenvalue weighted by molar-refractivity contribution is 14.0. The number of carbonyl (C=O) groups is 1. The molecule has 0 radical (unpaired) electrons. The van der Waals surface area contributed by atoms with Crippen molar-refractivity contribution in [3.05, 3.63) is 35.4 Å². The maximum absolute atomic E-state index is 11.8. The molecule has 0 fully saturated rings. The van der Waals surface area contributed by atoms with Crippen molar-refractivity contribution in [3.8, 4) is 0 Å². The lowest BCUT2D eigenvalue weighted by molar-refractivity contribution is 0.0955. The van der Waals surface area contributed by atoms with Crippen LogP contribution in [-0.2, 0) is 6.54 Å². The summed E-state index contributed by atoms with van der Waals surface area (Å²) in [5.74, 6) is 0.766. The van der Waals surface area contributed by atoms with Crippen LogP contribution < -0.4 is 16.0 Å². The predicted octanol–water partition coefficient (Wildman–Crippen LogP) is 2.52. The Hall–Kier alpha value is -1.31. The van der Waals surface area contributed by atoms with Crippen molar-refractivity contribution < 1.29 is 4.79 Å². The number of hydrogen-bond acceptors (Lipinski definition) is 2. The molecule has 0 aromatic heterocycles. The molecule has 6 heteroatoms. The van der Waals surface area contributed by atoms with E-state index in [9.17, 15) is 4.79 Å². The summed E-state index contributed by atoms with van der Waals surface area (Å²) in [5.41, 5.74) is 1.70. The number of guanidine groups is 1. The first-order chi connectivity index (χ1) is 10.2. The molecule has 0 heterocycles. The number of hydrogen-bond donors (Lipinski definition) is 3. The molecule has 0 atom stereocenters. The van der Waals surface area contributed by atoms with Crippen molar-refractivity contribution in [1.29, 1.82) is 0 Å². The van der Waals surface area contributed by atoms with Gasteiger partial charge in [-0.15, -0.1) is 24.0 Å². The standard InChI is InChI=1S/C16H26N4O.HI/c1-4-10-19-16(18-6-3)20-12-13-8-7-9-14(11-13)15(21)17-5-2;/h7-9,11H,4-6,10,12H2,1-3H3,(H,17,21)(H2,18,19,20);1H. The van der Waals surface area contributed by atoms with Gasteiger partial charge in [0.25, 0.3) is 5.91 Å². The smallest absolute Gasteiger partial charge is 0.251 e. The molecule has 0 saturated heterocycles. The van der Waals surface area contributed by atoms with Gasteiger partial charge in [0.2, 0.25) is 0 Å². The second kappa shape index (κ2) is 12.3. The molecule has 0 saturated carbocycles. The summed E-state index contributed by atoms with van der Waals surface area (Å²) in [7, 11) is 0. The fourth-order valence-corrected chi connectivity index (χ4v) is 1.83. The predicted molar refractivity (Wildman–Crippen MR) is 103 cm³/mol. The van der Waals surface area contributed by atoms with Crippen LogP contribution in [0.3, 0.4) is 0 Å². The van der Waals surface area contributed by atoms with E-state index >= 15 is 0 Å². The Labute approximate surface area is 150 Å². The Bertz CT molecular complexity index is 477. The number of aliphatic imine (C=N–C) groups is 1.